The molecule has 1 heterocycles. The number of carbonyl (C=O) groups excluding carboxylic acids is 1. The fourth-order valence-electron chi connectivity index (χ4n) is 10.1. The van der Waals surface area contributed by atoms with Crippen molar-refractivity contribution in [1.82, 2.24) is 4.90 Å². The van der Waals surface area contributed by atoms with E-state index in [9.17, 15) is 10.1 Å². The number of hydrogen-bond donors (Lipinski definition) is 0. The van der Waals surface area contributed by atoms with Crippen LogP contribution in [0.4, 0.5) is 0 Å². The molecule has 4 aliphatic carbocycles. The Kier molecular flexibility index (Phi) is 5.99. The van der Waals surface area contributed by atoms with Crippen LogP contribution in [0.15, 0.2) is 18.2 Å². The van der Waals surface area contributed by atoms with Crippen molar-refractivity contribution in [2.45, 2.75) is 84.2 Å². The summed E-state index contributed by atoms with van der Waals surface area (Å²) in [6.07, 6.45) is 12.4. The Balaban J connectivity index is 1.17. The summed E-state index contributed by atoms with van der Waals surface area (Å²) in [7, 11) is 1.86. The second-order valence-electron chi connectivity index (χ2n) is 13.0. The van der Waals surface area contributed by atoms with Gasteiger partial charge < -0.3 is 9.64 Å². The van der Waals surface area contributed by atoms with Gasteiger partial charge in [-0.05, 0) is 135 Å². The predicted molar refractivity (Wildman–Crippen MR) is 136 cm³/mol. The summed E-state index contributed by atoms with van der Waals surface area (Å²) in [5.74, 6) is 6.09. The van der Waals surface area contributed by atoms with Gasteiger partial charge in [0, 0.05) is 31.9 Å². The largest absolute Gasteiger partial charge is 0.384 e. The van der Waals surface area contributed by atoms with E-state index in [-0.39, 0.29) is 11.9 Å². The third-order valence-electron chi connectivity index (χ3n) is 11.7. The third-order valence-corrected chi connectivity index (χ3v) is 11.7. The average Bonchev–Trinajstić information content (AvgIpc) is 3.40. The van der Waals surface area contributed by atoms with Gasteiger partial charge in [-0.15, -0.1) is 0 Å². The highest BCUT2D eigenvalue weighted by atomic mass is 16.5. The van der Waals surface area contributed by atoms with E-state index in [1.54, 1.807) is 6.07 Å². The number of benzene rings is 1. The maximum atomic E-state index is 13.4. The zero-order valence-electron chi connectivity index (χ0n) is 21.8. The van der Waals surface area contributed by atoms with Crippen LogP contribution in [0.2, 0.25) is 0 Å². The van der Waals surface area contributed by atoms with Gasteiger partial charge in [0.25, 0.3) is 5.91 Å². The van der Waals surface area contributed by atoms with E-state index in [4.69, 9.17) is 4.74 Å². The molecule has 1 aromatic carbocycles. The van der Waals surface area contributed by atoms with Crippen molar-refractivity contribution in [3.05, 3.63) is 34.9 Å². The minimum absolute atomic E-state index is 0.172. The smallest absolute Gasteiger partial charge is 0.254 e. The summed E-state index contributed by atoms with van der Waals surface area (Å²) < 4.78 is 5.51. The molecule has 4 fully saturated rings. The Bertz CT molecular complexity index is 1030. The van der Waals surface area contributed by atoms with Crippen LogP contribution in [0.25, 0.3) is 0 Å². The van der Waals surface area contributed by atoms with Crippen molar-refractivity contribution in [1.29, 1.82) is 5.26 Å². The van der Waals surface area contributed by atoms with Crippen molar-refractivity contribution in [2.24, 2.45) is 46.8 Å². The zero-order valence-corrected chi connectivity index (χ0v) is 21.8. The number of rotatable bonds is 4. The van der Waals surface area contributed by atoms with E-state index in [1.165, 1.54) is 57.8 Å². The second-order valence-corrected chi connectivity index (χ2v) is 13.0. The maximum Gasteiger partial charge on any atom is 0.254 e. The number of nitriles is 1. The van der Waals surface area contributed by atoms with Gasteiger partial charge in [0.2, 0.25) is 0 Å². The van der Waals surface area contributed by atoms with Gasteiger partial charge in [-0.3, -0.25) is 4.79 Å². The Morgan fingerprint density at radius 2 is 1.94 bits per heavy atom. The normalized spacial score (nSPS) is 40.9. The van der Waals surface area contributed by atoms with E-state index in [0.717, 1.165) is 53.2 Å². The molecule has 4 nitrogen and oxygen atoms in total. The van der Waals surface area contributed by atoms with Gasteiger partial charge in [0.1, 0.15) is 0 Å². The molecule has 6 rings (SSSR count). The Labute approximate surface area is 211 Å². The second kappa shape index (κ2) is 8.91. The van der Waals surface area contributed by atoms with E-state index in [0.29, 0.717) is 23.4 Å². The molecule has 4 heteroatoms. The molecule has 4 saturated carbocycles. The highest BCUT2D eigenvalue weighted by molar-refractivity contribution is 5.98. The summed E-state index contributed by atoms with van der Waals surface area (Å²) in [5.41, 5.74) is 2.85. The van der Waals surface area contributed by atoms with E-state index < -0.39 is 0 Å². The lowest BCUT2D eigenvalue weighted by molar-refractivity contribution is -0.0786. The Hall–Kier alpha value is -1.86. The van der Waals surface area contributed by atoms with Crippen molar-refractivity contribution >= 4 is 5.91 Å². The van der Waals surface area contributed by atoms with Crippen LogP contribution in [0.1, 0.15) is 93.1 Å². The number of amides is 1. The molecule has 9 atom stereocenters. The molecule has 0 saturated heterocycles. The van der Waals surface area contributed by atoms with Crippen LogP contribution in [0, 0.1) is 58.2 Å². The summed E-state index contributed by atoms with van der Waals surface area (Å²) in [5, 5.41) is 9.30. The van der Waals surface area contributed by atoms with E-state index in [1.807, 2.05) is 19.2 Å². The summed E-state index contributed by atoms with van der Waals surface area (Å²) in [4.78, 5) is 15.5. The standard InChI is InChI=1S/C31H42N2O2/c1-19(33-17-23-14-20(16-32)4-8-25(23)30(33)34)28-10-11-29-27-9-6-22-15-21(18-35-3)5-7-24(22)26(27)12-13-31(28,29)2/h4,8,14,19,21-22,24,26-29H,5-7,9-13,15,17-18H2,1-3H3/t19-,21+,22-,24+,26?,27-,28?,29?,31-/m1/s1. The number of fused-ring (bicyclic) bond motifs is 6. The summed E-state index contributed by atoms with van der Waals surface area (Å²) in [6.45, 7) is 6.52. The summed E-state index contributed by atoms with van der Waals surface area (Å²) in [6, 6.07) is 8.07. The number of methoxy groups -OCH3 is 1. The van der Waals surface area contributed by atoms with E-state index >= 15 is 0 Å². The van der Waals surface area contributed by atoms with Crippen molar-refractivity contribution in [3.63, 3.8) is 0 Å². The highest BCUT2D eigenvalue weighted by Crippen LogP contribution is 2.65. The predicted octanol–water partition coefficient (Wildman–Crippen LogP) is 6.43. The molecular formula is C31H42N2O2. The molecule has 0 N–H and O–H groups in total. The van der Waals surface area contributed by atoms with Crippen molar-refractivity contribution in [3.8, 4) is 6.07 Å². The van der Waals surface area contributed by atoms with E-state index in [2.05, 4.69) is 24.8 Å². The molecule has 1 amide bonds. The van der Waals surface area contributed by atoms with Gasteiger partial charge in [0.15, 0.2) is 0 Å². The first-order chi connectivity index (χ1) is 16.9. The Morgan fingerprint density at radius 1 is 1.11 bits per heavy atom. The average molecular weight is 475 g/mol. The van der Waals surface area contributed by atoms with Gasteiger partial charge in [0.05, 0.1) is 11.6 Å². The maximum absolute atomic E-state index is 13.4. The van der Waals surface area contributed by atoms with Crippen LogP contribution < -0.4 is 0 Å². The molecule has 0 aromatic heterocycles. The summed E-state index contributed by atoms with van der Waals surface area (Å²) >= 11 is 0. The van der Waals surface area contributed by atoms with Gasteiger partial charge in [-0.25, -0.2) is 0 Å². The van der Waals surface area contributed by atoms with Crippen LogP contribution in [-0.4, -0.2) is 30.6 Å². The Morgan fingerprint density at radius 3 is 2.74 bits per heavy atom. The van der Waals surface area contributed by atoms with Gasteiger partial charge in [-0.1, -0.05) is 6.92 Å². The van der Waals surface area contributed by atoms with Gasteiger partial charge >= 0.3 is 0 Å². The fourth-order valence-corrected chi connectivity index (χ4v) is 10.1. The van der Waals surface area contributed by atoms with Crippen LogP contribution in [-0.2, 0) is 11.3 Å². The monoisotopic (exact) mass is 474 g/mol. The molecule has 5 aliphatic rings. The number of ether oxygens (including phenoxy) is 1. The lowest BCUT2D eigenvalue weighted by Gasteiger charge is -2.57. The van der Waals surface area contributed by atoms with Crippen LogP contribution in [0.3, 0.4) is 0 Å². The molecule has 35 heavy (non-hydrogen) atoms. The van der Waals surface area contributed by atoms with Crippen LogP contribution in [0.5, 0.6) is 0 Å². The lowest BCUT2D eigenvalue weighted by atomic mass is 9.49. The first-order valence-electron chi connectivity index (χ1n) is 14.3. The molecule has 0 spiro atoms. The molecule has 0 bridgehead atoms. The first kappa shape index (κ1) is 23.5. The molecule has 188 valence electrons. The van der Waals surface area contributed by atoms with Crippen LogP contribution >= 0.6 is 0 Å². The zero-order chi connectivity index (χ0) is 24.3. The topological polar surface area (TPSA) is 53.3 Å². The van der Waals surface area contributed by atoms with Crippen molar-refractivity contribution < 1.29 is 9.53 Å². The molecule has 0 radical (unpaired) electrons. The minimum atomic E-state index is 0.172. The third kappa shape index (κ3) is 3.67. The quantitative estimate of drug-likeness (QED) is 0.505. The molecule has 1 aromatic rings. The number of carbonyl (C=O) groups is 1. The van der Waals surface area contributed by atoms with Crippen molar-refractivity contribution in [2.75, 3.05) is 13.7 Å². The molecule has 3 unspecified atom stereocenters. The SMILES string of the molecule is COC[C@H]1CC[C@@H]2C3CC[C@@]4(C)C(CCC4[C@@H](C)N4Cc5cc(C#N)ccc5C4=O)[C@@H]3CC[C@@H]2C1. The molecular weight excluding hydrogens is 432 g/mol. The molecule has 1 aliphatic heterocycles. The lowest BCUT2D eigenvalue weighted by Crippen LogP contribution is -2.51. The minimum Gasteiger partial charge on any atom is -0.384 e. The highest BCUT2D eigenvalue weighted by Gasteiger charge is 2.58. The van der Waals surface area contributed by atoms with Gasteiger partial charge in [-0.2, -0.15) is 5.26 Å². The first-order valence-corrected chi connectivity index (χ1v) is 14.3. The number of hydrogen-bond acceptors (Lipinski definition) is 3. The fraction of sp³-hybridized carbons (Fsp3) is 0.742. The number of nitrogens with zero attached hydrogens (tertiary/aromatic N) is 2.